The fourth-order valence-electron chi connectivity index (χ4n) is 4.84. The molecule has 2 aromatic carbocycles. The maximum absolute atomic E-state index is 13.3. The highest BCUT2D eigenvalue weighted by molar-refractivity contribution is 6.05. The first-order chi connectivity index (χ1) is 18.9. The van der Waals surface area contributed by atoms with E-state index in [0.717, 1.165) is 48.0 Å². The highest BCUT2D eigenvalue weighted by atomic mass is 16.2. The van der Waals surface area contributed by atoms with E-state index in [1.165, 1.54) is 11.0 Å². The molecule has 39 heavy (non-hydrogen) atoms. The highest BCUT2D eigenvalue weighted by Crippen LogP contribution is 2.33. The Kier molecular flexibility index (Phi) is 7.36. The van der Waals surface area contributed by atoms with Crippen LogP contribution in [0.15, 0.2) is 64.3 Å². The standard InChI is InChI=1S/C29H32N8O2/c1-4-10-36(11-5-2)28(38)22-13-21-7-6-20(14-25(21)34-26(30)15-22)19-8-9-24-23(12-19)16-32-37(29(24)39)17-27-31-18-33-35(27)3/h6-9,12-14,16,18H,4-5,10-11,15,17H2,1-3H3,(H2,30,34). The molecule has 200 valence electrons. The lowest BCUT2D eigenvalue weighted by Gasteiger charge is -2.22. The molecule has 4 aromatic rings. The quantitative estimate of drug-likeness (QED) is 0.375. The third-order valence-electron chi connectivity index (χ3n) is 6.83. The Labute approximate surface area is 226 Å². The lowest BCUT2D eigenvalue weighted by Crippen LogP contribution is -2.34. The third-order valence-corrected chi connectivity index (χ3v) is 6.83. The van der Waals surface area contributed by atoms with Gasteiger partial charge in [0, 0.05) is 43.1 Å². The first-order valence-electron chi connectivity index (χ1n) is 13.2. The van der Waals surface area contributed by atoms with Gasteiger partial charge in [-0.05, 0) is 48.2 Å². The number of amidine groups is 1. The first kappa shape index (κ1) is 26.0. The average molecular weight is 525 g/mol. The van der Waals surface area contributed by atoms with Crippen LogP contribution in [0.2, 0.25) is 0 Å². The molecule has 0 radical (unpaired) electrons. The minimum absolute atomic E-state index is 0.0145. The zero-order chi connectivity index (χ0) is 27.5. The first-order valence-corrected chi connectivity index (χ1v) is 13.2. The van der Waals surface area contributed by atoms with Gasteiger partial charge in [-0.1, -0.05) is 32.0 Å². The summed E-state index contributed by atoms with van der Waals surface area (Å²) < 4.78 is 3.01. The fraction of sp³-hybridized carbons (Fsp3) is 0.310. The predicted molar refractivity (Wildman–Crippen MR) is 153 cm³/mol. The molecule has 1 amide bonds. The number of hydrogen-bond acceptors (Lipinski definition) is 7. The molecule has 0 fully saturated rings. The molecule has 0 aliphatic carbocycles. The van der Waals surface area contributed by atoms with Crippen LogP contribution >= 0.6 is 0 Å². The SMILES string of the molecule is CCCN(CCC)C(=O)C1=Cc2ccc(-c3ccc4c(=O)n(Cc5ncnn5C)ncc4c3)cc2N=C(N)C1. The van der Waals surface area contributed by atoms with Crippen LogP contribution in [0.25, 0.3) is 28.0 Å². The largest absolute Gasteiger partial charge is 0.387 e. The summed E-state index contributed by atoms with van der Waals surface area (Å²) in [5, 5.41) is 9.72. The van der Waals surface area contributed by atoms with Crippen molar-refractivity contribution in [3.05, 3.63) is 76.2 Å². The Morgan fingerprint density at radius 1 is 1.05 bits per heavy atom. The molecular formula is C29H32N8O2. The smallest absolute Gasteiger partial charge is 0.275 e. The summed E-state index contributed by atoms with van der Waals surface area (Å²) in [6, 6.07) is 11.6. The lowest BCUT2D eigenvalue weighted by molar-refractivity contribution is -0.127. The van der Waals surface area contributed by atoms with E-state index in [-0.39, 0.29) is 18.0 Å². The molecule has 1 aliphatic heterocycles. The maximum Gasteiger partial charge on any atom is 0.275 e. The van der Waals surface area contributed by atoms with Gasteiger partial charge in [-0.25, -0.2) is 14.7 Å². The average Bonchev–Trinajstić information content (AvgIpc) is 3.25. The summed E-state index contributed by atoms with van der Waals surface area (Å²) in [7, 11) is 1.78. The van der Waals surface area contributed by atoms with Gasteiger partial charge in [0.25, 0.3) is 5.56 Å². The van der Waals surface area contributed by atoms with Crippen molar-refractivity contribution < 1.29 is 4.79 Å². The van der Waals surface area contributed by atoms with Crippen molar-refractivity contribution in [1.82, 2.24) is 29.4 Å². The number of carbonyl (C=O) groups is 1. The second-order valence-corrected chi connectivity index (χ2v) is 9.72. The van der Waals surface area contributed by atoms with E-state index in [9.17, 15) is 9.59 Å². The number of carbonyl (C=O) groups excluding carboxylic acids is 1. The van der Waals surface area contributed by atoms with Crippen LogP contribution in [0.3, 0.4) is 0 Å². The summed E-state index contributed by atoms with van der Waals surface area (Å²) in [6.07, 6.45) is 7.17. The molecule has 1 aliphatic rings. The summed E-state index contributed by atoms with van der Waals surface area (Å²) in [5.41, 5.74) is 10.1. The third kappa shape index (κ3) is 5.36. The number of aliphatic imine (C=N–C) groups is 1. The Balaban J connectivity index is 1.46. The molecule has 10 nitrogen and oxygen atoms in total. The molecule has 2 aromatic heterocycles. The van der Waals surface area contributed by atoms with Crippen LogP contribution in [0.1, 0.15) is 44.5 Å². The number of nitrogens with two attached hydrogens (primary N) is 1. The molecule has 0 atom stereocenters. The number of aryl methyl sites for hydroxylation is 1. The Hall–Kier alpha value is -4.60. The maximum atomic E-state index is 13.3. The number of hydrogen-bond donors (Lipinski definition) is 1. The number of benzene rings is 2. The normalized spacial score (nSPS) is 13.0. The van der Waals surface area contributed by atoms with Crippen molar-refractivity contribution in [2.75, 3.05) is 13.1 Å². The van der Waals surface area contributed by atoms with Crippen LogP contribution in [0.4, 0.5) is 5.69 Å². The van der Waals surface area contributed by atoms with Crippen molar-refractivity contribution in [3.8, 4) is 11.1 Å². The number of aromatic nitrogens is 5. The van der Waals surface area contributed by atoms with E-state index < -0.39 is 0 Å². The molecule has 0 saturated carbocycles. The summed E-state index contributed by atoms with van der Waals surface area (Å²) in [4.78, 5) is 37.0. The van der Waals surface area contributed by atoms with Crippen LogP contribution < -0.4 is 11.3 Å². The summed E-state index contributed by atoms with van der Waals surface area (Å²) in [5.74, 6) is 1.07. The van der Waals surface area contributed by atoms with Gasteiger partial charge in [0.15, 0.2) is 0 Å². The number of fused-ring (bicyclic) bond motifs is 2. The Morgan fingerprint density at radius 3 is 2.51 bits per heavy atom. The van der Waals surface area contributed by atoms with Crippen LogP contribution in [-0.2, 0) is 18.4 Å². The number of nitrogens with zero attached hydrogens (tertiary/aromatic N) is 7. The molecule has 0 unspecified atom stereocenters. The van der Waals surface area contributed by atoms with Gasteiger partial charge in [-0.2, -0.15) is 10.2 Å². The molecule has 2 N–H and O–H groups in total. The molecule has 0 saturated heterocycles. The molecule has 10 heteroatoms. The van der Waals surface area contributed by atoms with Crippen molar-refractivity contribution in [3.63, 3.8) is 0 Å². The van der Waals surface area contributed by atoms with Gasteiger partial charge >= 0.3 is 0 Å². The minimum Gasteiger partial charge on any atom is -0.387 e. The van der Waals surface area contributed by atoms with E-state index in [0.29, 0.717) is 34.7 Å². The summed E-state index contributed by atoms with van der Waals surface area (Å²) >= 11 is 0. The van der Waals surface area contributed by atoms with Gasteiger partial charge in [0.05, 0.1) is 17.3 Å². The zero-order valence-electron chi connectivity index (χ0n) is 22.5. The van der Waals surface area contributed by atoms with Crippen molar-refractivity contribution in [2.24, 2.45) is 17.8 Å². The zero-order valence-corrected chi connectivity index (χ0v) is 22.5. The highest BCUT2D eigenvalue weighted by Gasteiger charge is 2.21. The Morgan fingerprint density at radius 2 is 1.79 bits per heavy atom. The van der Waals surface area contributed by atoms with Gasteiger partial charge in [0.2, 0.25) is 5.91 Å². The molecule has 3 heterocycles. The lowest BCUT2D eigenvalue weighted by atomic mass is 9.99. The topological polar surface area (TPSA) is 124 Å². The molecule has 0 spiro atoms. The van der Waals surface area contributed by atoms with Gasteiger partial charge in [0.1, 0.15) is 24.5 Å². The van der Waals surface area contributed by atoms with E-state index in [1.807, 2.05) is 47.4 Å². The van der Waals surface area contributed by atoms with Crippen molar-refractivity contribution in [2.45, 2.75) is 39.7 Å². The van der Waals surface area contributed by atoms with Gasteiger partial charge < -0.3 is 10.6 Å². The van der Waals surface area contributed by atoms with Crippen LogP contribution in [0, 0.1) is 0 Å². The van der Waals surface area contributed by atoms with Crippen molar-refractivity contribution >= 4 is 34.3 Å². The predicted octanol–water partition coefficient (Wildman–Crippen LogP) is 3.66. The van der Waals surface area contributed by atoms with Crippen molar-refractivity contribution in [1.29, 1.82) is 0 Å². The van der Waals surface area contributed by atoms with Crippen LogP contribution in [0.5, 0.6) is 0 Å². The minimum atomic E-state index is -0.191. The van der Waals surface area contributed by atoms with Gasteiger partial charge in [-0.3, -0.25) is 14.3 Å². The van der Waals surface area contributed by atoms with Gasteiger partial charge in [-0.15, -0.1) is 0 Å². The van der Waals surface area contributed by atoms with E-state index >= 15 is 0 Å². The number of amides is 1. The number of rotatable bonds is 8. The van der Waals surface area contributed by atoms with E-state index in [4.69, 9.17) is 5.73 Å². The van der Waals surface area contributed by atoms with E-state index in [1.54, 1.807) is 17.9 Å². The Bertz CT molecular complexity index is 1660. The molecule has 0 bridgehead atoms. The molecular weight excluding hydrogens is 492 g/mol. The fourth-order valence-corrected chi connectivity index (χ4v) is 4.84. The van der Waals surface area contributed by atoms with E-state index in [2.05, 4.69) is 34.0 Å². The summed E-state index contributed by atoms with van der Waals surface area (Å²) in [6.45, 7) is 5.82. The second-order valence-electron chi connectivity index (χ2n) is 9.72. The monoisotopic (exact) mass is 524 g/mol. The molecule has 5 rings (SSSR count). The van der Waals surface area contributed by atoms with Crippen LogP contribution in [-0.4, -0.2) is 54.3 Å². The second kappa shape index (κ2) is 11.0.